The van der Waals surface area contributed by atoms with Crippen molar-refractivity contribution in [3.63, 3.8) is 0 Å². The van der Waals surface area contributed by atoms with Crippen LogP contribution >= 0.6 is 12.2 Å². The fourth-order valence-electron chi connectivity index (χ4n) is 1.85. The number of benzene rings is 1. The normalized spacial score (nSPS) is 11.5. The van der Waals surface area contributed by atoms with E-state index in [2.05, 4.69) is 13.2 Å². The van der Waals surface area contributed by atoms with Gasteiger partial charge in [0.05, 0.1) is 18.2 Å². The van der Waals surface area contributed by atoms with Crippen LogP contribution in [0.3, 0.4) is 0 Å². The predicted octanol–water partition coefficient (Wildman–Crippen LogP) is 3.12. The van der Waals surface area contributed by atoms with Crippen molar-refractivity contribution in [2.45, 2.75) is 12.5 Å². The Hall–Kier alpha value is -1.65. The highest BCUT2D eigenvalue weighted by Crippen LogP contribution is 2.22. The quantitative estimate of drug-likeness (QED) is 0.589. The van der Waals surface area contributed by atoms with Gasteiger partial charge in [0.1, 0.15) is 5.75 Å². The van der Waals surface area contributed by atoms with Crippen LogP contribution in [0.15, 0.2) is 49.6 Å². The summed E-state index contributed by atoms with van der Waals surface area (Å²) in [6.45, 7) is 8.72. The maximum absolute atomic E-state index is 10.3. The van der Waals surface area contributed by atoms with Gasteiger partial charge in [0, 0.05) is 19.5 Å². The van der Waals surface area contributed by atoms with Crippen LogP contribution in [-0.2, 0) is 0 Å². The van der Waals surface area contributed by atoms with E-state index in [4.69, 9.17) is 17.0 Å². The maximum atomic E-state index is 10.3. The summed E-state index contributed by atoms with van der Waals surface area (Å²) in [4.78, 5) is 2.65. The molecule has 0 aliphatic carbocycles. The topological polar surface area (TPSA) is 32.7 Å². The van der Waals surface area contributed by atoms with Crippen LogP contribution in [0.1, 0.15) is 18.1 Å². The number of nitrogens with zero attached hydrogens (tertiary/aromatic N) is 1. The Bertz CT molecular complexity index is 463. The lowest BCUT2D eigenvalue weighted by Gasteiger charge is -2.24. The summed E-state index contributed by atoms with van der Waals surface area (Å²) >= 11 is 5.38. The van der Waals surface area contributed by atoms with E-state index in [1.54, 1.807) is 19.3 Å². The highest BCUT2D eigenvalue weighted by Gasteiger charge is 2.14. The number of hydrogen-bond acceptors (Lipinski definition) is 3. The molecule has 0 aliphatic rings. The average Bonchev–Trinajstić information content (AvgIpc) is 2.47. The first-order chi connectivity index (χ1) is 9.62. The zero-order valence-electron chi connectivity index (χ0n) is 11.8. The van der Waals surface area contributed by atoms with Gasteiger partial charge in [0.2, 0.25) is 0 Å². The van der Waals surface area contributed by atoms with Gasteiger partial charge in [-0.1, -0.05) is 36.5 Å². The maximum Gasteiger partial charge on any atom is 0.119 e. The molecule has 0 fully saturated rings. The summed E-state index contributed by atoms with van der Waals surface area (Å²) in [7, 11) is 1.60. The molecule has 0 heterocycles. The summed E-state index contributed by atoms with van der Waals surface area (Å²) in [6, 6.07) is 7.38. The highest BCUT2D eigenvalue weighted by molar-refractivity contribution is 7.80. The van der Waals surface area contributed by atoms with Gasteiger partial charge in [-0.15, -0.1) is 13.2 Å². The van der Waals surface area contributed by atoms with Crippen LogP contribution in [-0.4, -0.2) is 35.2 Å². The Morgan fingerprint density at radius 1 is 1.40 bits per heavy atom. The number of thiocarbonyl (C=S) groups is 1. The van der Waals surface area contributed by atoms with Crippen molar-refractivity contribution < 1.29 is 9.84 Å². The van der Waals surface area contributed by atoms with Crippen LogP contribution in [0, 0.1) is 0 Å². The van der Waals surface area contributed by atoms with Gasteiger partial charge in [0.25, 0.3) is 0 Å². The van der Waals surface area contributed by atoms with Crippen LogP contribution in [0.5, 0.6) is 5.75 Å². The molecule has 0 saturated heterocycles. The van der Waals surface area contributed by atoms with Gasteiger partial charge in [0.15, 0.2) is 0 Å². The largest absolute Gasteiger partial charge is 0.497 e. The molecule has 0 spiro atoms. The zero-order chi connectivity index (χ0) is 15.0. The summed E-state index contributed by atoms with van der Waals surface area (Å²) < 4.78 is 5.15. The third-order valence-electron chi connectivity index (χ3n) is 2.90. The molecule has 0 saturated carbocycles. The third-order valence-corrected chi connectivity index (χ3v) is 3.32. The molecule has 108 valence electrons. The van der Waals surface area contributed by atoms with Crippen molar-refractivity contribution in [2.24, 2.45) is 0 Å². The molecule has 0 aliphatic heterocycles. The zero-order valence-corrected chi connectivity index (χ0v) is 12.6. The van der Waals surface area contributed by atoms with Crippen molar-refractivity contribution >= 4 is 17.2 Å². The minimum Gasteiger partial charge on any atom is -0.497 e. The standard InChI is InChI=1S/C16H21NO2S/c1-4-9-17(10-5-2)16(20)12-15(18)13-7-6-8-14(11-13)19-3/h4-8,11,15,18H,1-2,9-10,12H2,3H3/t15-/m1/s1. The van der Waals surface area contributed by atoms with E-state index >= 15 is 0 Å². The first-order valence-corrected chi connectivity index (χ1v) is 6.84. The molecule has 1 aromatic carbocycles. The van der Waals surface area contributed by atoms with E-state index in [1.165, 1.54) is 0 Å². The molecule has 0 amide bonds. The lowest BCUT2D eigenvalue weighted by molar-refractivity contribution is 0.183. The molecule has 20 heavy (non-hydrogen) atoms. The lowest BCUT2D eigenvalue weighted by atomic mass is 10.1. The van der Waals surface area contributed by atoms with Crippen molar-refractivity contribution in [1.29, 1.82) is 0 Å². The summed E-state index contributed by atoms with van der Waals surface area (Å²) in [6.07, 6.45) is 3.32. The smallest absolute Gasteiger partial charge is 0.119 e. The fourth-order valence-corrected chi connectivity index (χ4v) is 2.16. The predicted molar refractivity (Wildman–Crippen MR) is 87.1 cm³/mol. The highest BCUT2D eigenvalue weighted by atomic mass is 32.1. The molecule has 0 aromatic heterocycles. The number of hydrogen-bond donors (Lipinski definition) is 1. The molecular formula is C16H21NO2S. The molecule has 1 atom stereocenters. The first-order valence-electron chi connectivity index (χ1n) is 6.44. The lowest BCUT2D eigenvalue weighted by Crippen LogP contribution is -2.30. The number of aliphatic hydroxyl groups excluding tert-OH is 1. The van der Waals surface area contributed by atoms with E-state index in [-0.39, 0.29) is 0 Å². The molecule has 4 heteroatoms. The minimum absolute atomic E-state index is 0.393. The number of methoxy groups -OCH3 is 1. The van der Waals surface area contributed by atoms with Crippen LogP contribution < -0.4 is 4.74 Å². The summed E-state index contributed by atoms with van der Waals surface area (Å²) in [5.41, 5.74) is 0.795. The summed E-state index contributed by atoms with van der Waals surface area (Å²) in [5.74, 6) is 0.724. The van der Waals surface area contributed by atoms with Crippen LogP contribution in [0.25, 0.3) is 0 Å². The minimum atomic E-state index is -0.644. The van der Waals surface area contributed by atoms with Gasteiger partial charge in [-0.3, -0.25) is 0 Å². The monoisotopic (exact) mass is 291 g/mol. The number of ether oxygens (including phenoxy) is 1. The first kappa shape index (κ1) is 16.4. The Kier molecular flexibility index (Phi) is 6.98. The van der Waals surface area contributed by atoms with Gasteiger partial charge in [-0.2, -0.15) is 0 Å². The van der Waals surface area contributed by atoms with Crippen molar-refractivity contribution in [1.82, 2.24) is 4.90 Å². The van der Waals surface area contributed by atoms with Gasteiger partial charge < -0.3 is 14.7 Å². The molecule has 3 nitrogen and oxygen atoms in total. The van der Waals surface area contributed by atoms with Crippen molar-refractivity contribution in [3.05, 3.63) is 55.1 Å². The second-order valence-corrected chi connectivity index (χ2v) is 4.84. The molecular weight excluding hydrogens is 270 g/mol. The Morgan fingerprint density at radius 3 is 2.60 bits per heavy atom. The Balaban J connectivity index is 2.72. The van der Waals surface area contributed by atoms with E-state index in [9.17, 15) is 5.11 Å². The van der Waals surface area contributed by atoms with E-state index in [0.717, 1.165) is 11.3 Å². The second-order valence-electron chi connectivity index (χ2n) is 4.37. The van der Waals surface area contributed by atoms with Crippen molar-refractivity contribution in [2.75, 3.05) is 20.2 Å². The SMILES string of the molecule is C=CCN(CC=C)C(=S)C[C@@H](O)c1cccc(OC)c1. The van der Waals surface area contributed by atoms with E-state index in [0.29, 0.717) is 24.5 Å². The number of rotatable bonds is 8. The average molecular weight is 291 g/mol. The van der Waals surface area contributed by atoms with E-state index in [1.807, 2.05) is 29.2 Å². The summed E-state index contributed by atoms with van der Waals surface area (Å²) in [5, 5.41) is 10.3. The molecule has 0 radical (unpaired) electrons. The number of aliphatic hydroxyl groups is 1. The van der Waals surface area contributed by atoms with Crippen LogP contribution in [0.2, 0.25) is 0 Å². The van der Waals surface area contributed by atoms with Crippen molar-refractivity contribution in [3.8, 4) is 5.75 Å². The molecule has 1 N–H and O–H groups in total. The fraction of sp³-hybridized carbons (Fsp3) is 0.312. The van der Waals surface area contributed by atoms with E-state index < -0.39 is 6.10 Å². The second kappa shape index (κ2) is 8.51. The molecule has 1 aromatic rings. The Morgan fingerprint density at radius 2 is 2.05 bits per heavy atom. The van der Waals surface area contributed by atoms with Gasteiger partial charge in [-0.05, 0) is 17.7 Å². The van der Waals surface area contributed by atoms with Gasteiger partial charge >= 0.3 is 0 Å². The third kappa shape index (κ3) is 4.79. The molecule has 0 unspecified atom stereocenters. The molecule has 1 rings (SSSR count). The van der Waals surface area contributed by atoms with Gasteiger partial charge in [-0.25, -0.2) is 0 Å². The van der Waals surface area contributed by atoms with Crippen LogP contribution in [0.4, 0.5) is 0 Å². The molecule has 0 bridgehead atoms. The Labute approximate surface area is 126 Å².